The number of phosphoric ester groups is 2. The minimum absolute atomic E-state index is 0.115. The Balaban J connectivity index is 2.38. The highest BCUT2D eigenvalue weighted by Gasteiger charge is 2.36. The van der Waals surface area contributed by atoms with Crippen molar-refractivity contribution in [2.45, 2.75) is 199 Å². The second kappa shape index (κ2) is 35.7. The number of aliphatic hydroxyl groups excluding tert-OH is 1. The van der Waals surface area contributed by atoms with E-state index < -0.39 is 66.2 Å². The second-order valence-corrected chi connectivity index (χ2v) is 18.9. The predicted octanol–water partition coefficient (Wildman–Crippen LogP) is 10.5. The quantitative estimate of drug-likeness (QED) is 0.0148. The zero-order chi connectivity index (χ0) is 44.3. The van der Waals surface area contributed by atoms with Gasteiger partial charge in [-0.1, -0.05) is 147 Å². The van der Waals surface area contributed by atoms with Crippen LogP contribution in [-0.4, -0.2) is 82.6 Å². The molecule has 1 fully saturated rings. The van der Waals surface area contributed by atoms with Crippen LogP contribution in [-0.2, 0) is 46.5 Å². The maximum atomic E-state index is 12.7. The van der Waals surface area contributed by atoms with E-state index in [9.17, 15) is 28.7 Å². The summed E-state index contributed by atoms with van der Waals surface area (Å²) in [7, 11) is -9.69. The first kappa shape index (κ1) is 56.3. The lowest BCUT2D eigenvalue weighted by atomic mass is 10.0. The van der Waals surface area contributed by atoms with Crippen molar-refractivity contribution in [3.8, 4) is 0 Å². The molecule has 16 heteroatoms. The van der Waals surface area contributed by atoms with Gasteiger partial charge in [0.05, 0.1) is 32.0 Å². The predicted molar refractivity (Wildman–Crippen MR) is 234 cm³/mol. The summed E-state index contributed by atoms with van der Waals surface area (Å²) in [6.45, 7) is 3.98. The van der Waals surface area contributed by atoms with Gasteiger partial charge >= 0.3 is 27.6 Å². The summed E-state index contributed by atoms with van der Waals surface area (Å²) < 4.78 is 53.5. The topological polar surface area (TPSA) is 208 Å². The maximum absolute atomic E-state index is 12.7. The van der Waals surface area contributed by atoms with E-state index in [0.29, 0.717) is 31.5 Å². The number of allylic oxidation sites excluding steroid dienone is 4. The molecule has 4 N–H and O–H groups in total. The van der Waals surface area contributed by atoms with E-state index in [-0.39, 0.29) is 12.8 Å². The van der Waals surface area contributed by atoms with Crippen LogP contribution in [0.3, 0.4) is 0 Å². The first-order valence-corrected chi connectivity index (χ1v) is 25.7. The van der Waals surface area contributed by atoms with Crippen LogP contribution in [0.1, 0.15) is 175 Å². The van der Waals surface area contributed by atoms with E-state index >= 15 is 0 Å². The Morgan fingerprint density at radius 2 is 1.13 bits per heavy atom. The lowest BCUT2D eigenvalue weighted by Crippen LogP contribution is -2.30. The molecule has 1 aliphatic rings. The molecule has 1 aliphatic heterocycles. The van der Waals surface area contributed by atoms with Gasteiger partial charge in [0, 0.05) is 12.8 Å². The summed E-state index contributed by atoms with van der Waals surface area (Å²) in [5, 5.41) is 9.75. The van der Waals surface area contributed by atoms with Crippen molar-refractivity contribution in [2.24, 2.45) is 5.92 Å². The number of hydrogen-bond donors (Lipinski definition) is 4. The highest BCUT2D eigenvalue weighted by atomic mass is 31.2. The molecule has 1 rings (SSSR count). The molecule has 0 radical (unpaired) electrons. The highest BCUT2D eigenvalue weighted by molar-refractivity contribution is 7.47. The summed E-state index contributed by atoms with van der Waals surface area (Å²) in [5.74, 6) is -0.312. The van der Waals surface area contributed by atoms with Crippen molar-refractivity contribution in [3.63, 3.8) is 0 Å². The van der Waals surface area contributed by atoms with Gasteiger partial charge in [-0.25, -0.2) is 9.13 Å². The lowest BCUT2D eigenvalue weighted by Gasteiger charge is -2.20. The molecule has 0 bridgehead atoms. The fraction of sp³-hybridized carbons (Fsp3) is 0.818. The Hall–Kier alpha value is -1.70. The van der Waals surface area contributed by atoms with E-state index in [2.05, 4.69) is 54.1 Å². The fourth-order valence-electron chi connectivity index (χ4n) is 6.27. The van der Waals surface area contributed by atoms with Crippen LogP contribution in [0, 0.1) is 5.92 Å². The van der Waals surface area contributed by atoms with Crippen molar-refractivity contribution in [1.82, 2.24) is 0 Å². The van der Waals surface area contributed by atoms with Crippen LogP contribution < -0.4 is 0 Å². The van der Waals surface area contributed by atoms with Crippen LogP contribution in [0.4, 0.5) is 0 Å². The molecule has 1 heterocycles. The first-order valence-electron chi connectivity index (χ1n) is 22.7. The van der Waals surface area contributed by atoms with Crippen molar-refractivity contribution < 1.29 is 66.3 Å². The molecule has 1 saturated heterocycles. The number of rotatable bonds is 41. The highest BCUT2D eigenvalue weighted by Crippen LogP contribution is 2.44. The number of phosphoric acid groups is 2. The van der Waals surface area contributed by atoms with Gasteiger partial charge in [0.1, 0.15) is 12.7 Å². The van der Waals surface area contributed by atoms with Crippen LogP contribution in [0.2, 0.25) is 0 Å². The minimum Gasteiger partial charge on any atom is -0.462 e. The molecule has 5 atom stereocenters. The van der Waals surface area contributed by atoms with Gasteiger partial charge in [0.2, 0.25) is 0 Å². The molecule has 3 unspecified atom stereocenters. The average molecular weight is 895 g/mol. The molecule has 0 spiro atoms. The largest absolute Gasteiger partial charge is 0.472 e. The van der Waals surface area contributed by atoms with Crippen LogP contribution in [0.5, 0.6) is 0 Å². The number of epoxide rings is 1. The van der Waals surface area contributed by atoms with Gasteiger partial charge in [-0.3, -0.25) is 23.2 Å². The number of ether oxygens (including phenoxy) is 3. The Bertz CT molecular complexity index is 1280. The first-order chi connectivity index (χ1) is 28.7. The van der Waals surface area contributed by atoms with Crippen LogP contribution >= 0.6 is 15.6 Å². The molecule has 0 aromatic carbocycles. The third-order valence-corrected chi connectivity index (χ3v) is 11.3. The zero-order valence-corrected chi connectivity index (χ0v) is 38.7. The van der Waals surface area contributed by atoms with Crippen molar-refractivity contribution in [2.75, 3.05) is 26.4 Å². The molecule has 350 valence electrons. The molecule has 60 heavy (non-hydrogen) atoms. The zero-order valence-electron chi connectivity index (χ0n) is 36.9. The fourth-order valence-corrected chi connectivity index (χ4v) is 7.43. The monoisotopic (exact) mass is 895 g/mol. The summed E-state index contributed by atoms with van der Waals surface area (Å²) in [5.41, 5.74) is 0. The Kier molecular flexibility index (Phi) is 33.5. The average Bonchev–Trinajstić information content (AvgIpc) is 3.95. The number of hydrogen-bond acceptors (Lipinski definition) is 11. The van der Waals surface area contributed by atoms with Crippen molar-refractivity contribution in [3.05, 3.63) is 36.5 Å². The molecule has 0 saturated carbocycles. The summed E-state index contributed by atoms with van der Waals surface area (Å²) in [4.78, 5) is 52.7. The van der Waals surface area contributed by atoms with Crippen LogP contribution in [0.25, 0.3) is 0 Å². The molecule has 0 aromatic rings. The van der Waals surface area contributed by atoms with Gasteiger partial charge in [0.15, 0.2) is 6.10 Å². The Morgan fingerprint density at radius 1 is 0.617 bits per heavy atom. The van der Waals surface area contributed by atoms with E-state index in [1.54, 1.807) is 0 Å². The number of esters is 2. The van der Waals surface area contributed by atoms with E-state index in [1.165, 1.54) is 77.0 Å². The molecule has 14 nitrogen and oxygen atoms in total. The Morgan fingerprint density at radius 3 is 1.75 bits per heavy atom. The lowest BCUT2D eigenvalue weighted by molar-refractivity contribution is -0.161. The van der Waals surface area contributed by atoms with E-state index in [4.69, 9.17) is 28.5 Å². The number of carbonyl (C=O) groups excluding carboxylic acids is 2. The van der Waals surface area contributed by atoms with Gasteiger partial charge in [-0.15, -0.1) is 0 Å². The third kappa shape index (κ3) is 36.9. The van der Waals surface area contributed by atoms with Gasteiger partial charge in [-0.2, -0.15) is 0 Å². The number of aliphatic hydroxyl groups is 1. The number of carbonyl (C=O) groups is 2. The van der Waals surface area contributed by atoms with Crippen LogP contribution in [0.15, 0.2) is 36.5 Å². The molecule has 0 aromatic heterocycles. The van der Waals surface area contributed by atoms with Gasteiger partial charge in [-0.05, 0) is 57.3 Å². The molecular weight excluding hydrogens is 814 g/mol. The molecule has 0 amide bonds. The van der Waals surface area contributed by atoms with E-state index in [1.807, 2.05) is 12.2 Å². The van der Waals surface area contributed by atoms with E-state index in [0.717, 1.165) is 50.9 Å². The van der Waals surface area contributed by atoms with Crippen molar-refractivity contribution in [1.29, 1.82) is 0 Å². The van der Waals surface area contributed by atoms with Crippen molar-refractivity contribution >= 4 is 27.6 Å². The third-order valence-electron chi connectivity index (χ3n) is 9.85. The normalized spacial score (nSPS) is 17.8. The summed E-state index contributed by atoms with van der Waals surface area (Å²) in [6.07, 6.45) is 34.6. The molecular formula is C44H80O14P2. The second-order valence-electron chi connectivity index (χ2n) is 16.2. The summed E-state index contributed by atoms with van der Waals surface area (Å²) >= 11 is 0. The maximum Gasteiger partial charge on any atom is 0.472 e. The smallest absolute Gasteiger partial charge is 0.462 e. The molecule has 0 aliphatic carbocycles. The standard InChI is InChI=1S/C44H80O14P2/c1-4-5-6-7-20-25-30-41-42(58-41)31-26-21-16-14-18-22-27-32-43(46)53-36-40(37-56-60(51,52)55-35-39(45)34-54-59(48,49)50)57-44(47)33-28-23-17-13-11-9-8-10-12-15-19-24-29-38(2)3/h14,18,20-21,25-26,38-42,45H,4-13,15-17,19,22-24,27-37H2,1-3H3,(H,51,52)(H2,48,49,50)/b18-14-,25-20-,26-21-/t39-,40+,41?,42?/m0/s1. The Labute approximate surface area is 361 Å². The number of unbranched alkanes of at least 4 members (excludes halogenated alkanes) is 15. The van der Waals surface area contributed by atoms with Gasteiger partial charge < -0.3 is 34.0 Å². The summed E-state index contributed by atoms with van der Waals surface area (Å²) in [6, 6.07) is 0. The minimum atomic E-state index is -4.87. The SMILES string of the molecule is CCCCC/C=C\CC1OC1C/C=C\C/C=C\CCCC(=O)OC[C@H](COP(=O)(O)OC[C@@H](O)COP(=O)(O)O)OC(=O)CCCCCCCCCCCCCCC(C)C. The van der Waals surface area contributed by atoms with Gasteiger partial charge in [0.25, 0.3) is 0 Å².